The minimum Gasteiger partial charge on any atom is -0.458 e. The van der Waals surface area contributed by atoms with Gasteiger partial charge in [0.15, 0.2) is 6.04 Å². The van der Waals surface area contributed by atoms with Crippen molar-refractivity contribution in [1.29, 1.82) is 0 Å². The number of carbonyl (C=O) groups excluding carboxylic acids is 1. The average molecular weight is 414 g/mol. The highest BCUT2D eigenvalue weighted by Gasteiger charge is 2.26. The molecule has 0 saturated heterocycles. The molecule has 1 unspecified atom stereocenters. The molecule has 0 radical (unpaired) electrons. The Hall–Kier alpha value is -3.20. The normalized spacial score (nSPS) is 12.2. The minimum atomic E-state index is -0.643. The third-order valence-electron chi connectivity index (χ3n) is 4.97. The number of hydrogen-bond acceptors (Lipinski definition) is 3. The first-order chi connectivity index (χ1) is 14.7. The van der Waals surface area contributed by atoms with Crippen LogP contribution >= 0.6 is 0 Å². The number of nitrogens with zero attached hydrogens (tertiary/aromatic N) is 1. The van der Waals surface area contributed by atoms with Gasteiger partial charge in [-0.3, -0.25) is 4.99 Å². The van der Waals surface area contributed by atoms with Crippen molar-refractivity contribution in [3.8, 4) is 0 Å². The molecular weight excluding hydrogens is 382 g/mol. The Morgan fingerprint density at radius 1 is 0.871 bits per heavy atom. The second kappa shape index (κ2) is 9.74. The van der Waals surface area contributed by atoms with Gasteiger partial charge in [0.1, 0.15) is 5.60 Å². The van der Waals surface area contributed by atoms with E-state index in [2.05, 4.69) is 32.0 Å². The summed E-state index contributed by atoms with van der Waals surface area (Å²) in [6, 6.07) is 25.7. The van der Waals surface area contributed by atoms with E-state index < -0.39 is 11.6 Å². The highest BCUT2D eigenvalue weighted by molar-refractivity contribution is 6.13. The van der Waals surface area contributed by atoms with Crippen LogP contribution in [0.2, 0.25) is 0 Å². The highest BCUT2D eigenvalue weighted by atomic mass is 16.6. The molecule has 0 N–H and O–H groups in total. The summed E-state index contributed by atoms with van der Waals surface area (Å²) in [5.74, 6) is -0.308. The van der Waals surface area contributed by atoms with Gasteiger partial charge in [-0.2, -0.15) is 0 Å². The van der Waals surface area contributed by atoms with E-state index in [4.69, 9.17) is 9.73 Å². The topological polar surface area (TPSA) is 38.7 Å². The summed E-state index contributed by atoms with van der Waals surface area (Å²) in [5, 5.41) is 0. The molecule has 3 aromatic rings. The summed E-state index contributed by atoms with van der Waals surface area (Å²) < 4.78 is 5.76. The van der Waals surface area contributed by atoms with Crippen LogP contribution in [0.25, 0.3) is 0 Å². The second-order valence-electron chi connectivity index (χ2n) is 8.89. The van der Waals surface area contributed by atoms with E-state index in [1.54, 1.807) is 0 Å². The maximum Gasteiger partial charge on any atom is 0.331 e. The molecular formula is C28H31NO2. The average Bonchev–Trinajstić information content (AvgIpc) is 2.72. The molecule has 3 aromatic carbocycles. The minimum absolute atomic E-state index is 0.308. The Balaban J connectivity index is 2.08. The van der Waals surface area contributed by atoms with Gasteiger partial charge in [-0.1, -0.05) is 84.4 Å². The summed E-state index contributed by atoms with van der Waals surface area (Å²) in [7, 11) is 0. The van der Waals surface area contributed by atoms with Crippen molar-refractivity contribution >= 4 is 11.7 Å². The van der Waals surface area contributed by atoms with Gasteiger partial charge >= 0.3 is 5.97 Å². The van der Waals surface area contributed by atoms with Gasteiger partial charge < -0.3 is 4.74 Å². The largest absolute Gasteiger partial charge is 0.458 e. The smallest absolute Gasteiger partial charge is 0.331 e. The lowest BCUT2D eigenvalue weighted by atomic mass is 9.98. The molecule has 0 bridgehead atoms. The molecule has 0 aliphatic rings. The fourth-order valence-electron chi connectivity index (χ4n) is 3.50. The van der Waals surface area contributed by atoms with Gasteiger partial charge in [0.2, 0.25) is 0 Å². The predicted octanol–water partition coefficient (Wildman–Crippen LogP) is 6.09. The van der Waals surface area contributed by atoms with Crippen LogP contribution in [0.3, 0.4) is 0 Å². The predicted molar refractivity (Wildman–Crippen MR) is 128 cm³/mol. The Morgan fingerprint density at radius 2 is 1.42 bits per heavy atom. The third-order valence-corrected chi connectivity index (χ3v) is 4.97. The van der Waals surface area contributed by atoms with Crippen LogP contribution in [0, 0.1) is 13.8 Å². The van der Waals surface area contributed by atoms with Crippen molar-refractivity contribution in [2.45, 2.75) is 52.7 Å². The van der Waals surface area contributed by atoms with E-state index >= 15 is 0 Å². The van der Waals surface area contributed by atoms with Crippen LogP contribution in [-0.2, 0) is 16.0 Å². The molecule has 0 heterocycles. The zero-order valence-corrected chi connectivity index (χ0v) is 19.1. The molecule has 0 spiro atoms. The van der Waals surface area contributed by atoms with Crippen LogP contribution in [0.15, 0.2) is 83.9 Å². The van der Waals surface area contributed by atoms with E-state index in [1.807, 2.05) is 81.4 Å². The number of carbonyl (C=O) groups is 1. The van der Waals surface area contributed by atoms with Crippen LogP contribution in [0.1, 0.15) is 48.6 Å². The SMILES string of the molecule is Cc1ccc(CC(N=C(c2ccccc2)c2ccccc2)C(=O)OC(C)(C)C)c(C)c1. The molecule has 0 fully saturated rings. The molecule has 3 rings (SSSR count). The van der Waals surface area contributed by atoms with Crippen molar-refractivity contribution in [3.05, 3.63) is 107 Å². The summed E-state index contributed by atoms with van der Waals surface area (Å²) in [4.78, 5) is 18.2. The Labute approximate surface area is 185 Å². The number of aryl methyl sites for hydroxylation is 2. The zero-order chi connectivity index (χ0) is 22.4. The molecule has 160 valence electrons. The lowest BCUT2D eigenvalue weighted by molar-refractivity contribution is -0.156. The number of hydrogen-bond donors (Lipinski definition) is 0. The third kappa shape index (κ3) is 6.39. The summed E-state index contributed by atoms with van der Waals surface area (Å²) in [6.07, 6.45) is 0.490. The second-order valence-corrected chi connectivity index (χ2v) is 8.89. The number of ether oxygens (including phenoxy) is 1. The quantitative estimate of drug-likeness (QED) is 0.362. The molecule has 31 heavy (non-hydrogen) atoms. The van der Waals surface area contributed by atoms with Crippen molar-refractivity contribution in [2.24, 2.45) is 4.99 Å². The molecule has 3 heteroatoms. The molecule has 0 saturated carbocycles. The molecule has 0 aliphatic carbocycles. The van der Waals surface area contributed by atoms with Gasteiger partial charge in [0.25, 0.3) is 0 Å². The highest BCUT2D eigenvalue weighted by Crippen LogP contribution is 2.20. The standard InChI is InChI=1S/C28H31NO2/c1-20-16-17-24(21(2)18-20)19-25(27(30)31-28(3,4)5)29-26(22-12-8-6-9-13-22)23-14-10-7-11-15-23/h6-18,25H,19H2,1-5H3. The molecule has 3 nitrogen and oxygen atoms in total. The van der Waals surface area contributed by atoms with Crippen molar-refractivity contribution < 1.29 is 9.53 Å². The van der Waals surface area contributed by atoms with Gasteiger partial charge in [-0.05, 0) is 45.7 Å². The Morgan fingerprint density at radius 3 is 1.90 bits per heavy atom. The lowest BCUT2D eigenvalue weighted by Gasteiger charge is -2.23. The van der Waals surface area contributed by atoms with Crippen LogP contribution in [-0.4, -0.2) is 23.3 Å². The van der Waals surface area contributed by atoms with E-state index in [0.29, 0.717) is 6.42 Å². The van der Waals surface area contributed by atoms with Gasteiger partial charge in [0.05, 0.1) is 5.71 Å². The monoisotopic (exact) mass is 413 g/mol. The van der Waals surface area contributed by atoms with Crippen LogP contribution < -0.4 is 0 Å². The zero-order valence-electron chi connectivity index (χ0n) is 19.1. The summed E-state index contributed by atoms with van der Waals surface area (Å²) >= 11 is 0. The Kier molecular flexibility index (Phi) is 7.06. The van der Waals surface area contributed by atoms with E-state index in [9.17, 15) is 4.79 Å². The first-order valence-corrected chi connectivity index (χ1v) is 10.7. The van der Waals surface area contributed by atoms with Gasteiger partial charge in [-0.25, -0.2) is 4.79 Å². The van der Waals surface area contributed by atoms with E-state index in [1.165, 1.54) is 5.56 Å². The van der Waals surface area contributed by atoms with Crippen LogP contribution in [0.5, 0.6) is 0 Å². The molecule has 0 aromatic heterocycles. The first-order valence-electron chi connectivity index (χ1n) is 10.7. The molecule has 0 amide bonds. The fourth-order valence-corrected chi connectivity index (χ4v) is 3.50. The maximum absolute atomic E-state index is 13.2. The maximum atomic E-state index is 13.2. The lowest BCUT2D eigenvalue weighted by Crippen LogP contribution is -2.33. The van der Waals surface area contributed by atoms with E-state index in [-0.39, 0.29) is 5.97 Å². The number of benzene rings is 3. The summed E-state index contributed by atoms with van der Waals surface area (Å²) in [6.45, 7) is 9.81. The molecule has 1 atom stereocenters. The van der Waals surface area contributed by atoms with Crippen molar-refractivity contribution in [1.82, 2.24) is 0 Å². The number of esters is 1. The molecule has 0 aliphatic heterocycles. The Bertz CT molecular complexity index is 1010. The number of aliphatic imine (C=N–C) groups is 1. The summed E-state index contributed by atoms with van der Waals surface area (Å²) in [5.41, 5.74) is 5.63. The van der Waals surface area contributed by atoms with Gasteiger partial charge in [0, 0.05) is 17.5 Å². The first kappa shape index (κ1) is 22.5. The number of rotatable bonds is 6. The van der Waals surface area contributed by atoms with Crippen LogP contribution in [0.4, 0.5) is 0 Å². The van der Waals surface area contributed by atoms with Crippen molar-refractivity contribution in [2.75, 3.05) is 0 Å². The van der Waals surface area contributed by atoms with Gasteiger partial charge in [-0.15, -0.1) is 0 Å². The van der Waals surface area contributed by atoms with E-state index in [0.717, 1.165) is 28.0 Å². The fraction of sp³-hybridized carbons (Fsp3) is 0.286. The van der Waals surface area contributed by atoms with Crippen molar-refractivity contribution in [3.63, 3.8) is 0 Å².